The van der Waals surface area contributed by atoms with Crippen molar-refractivity contribution in [1.82, 2.24) is 34.1 Å². The van der Waals surface area contributed by atoms with Crippen LogP contribution in [0, 0.1) is 0 Å². The number of hydrogen-bond acceptors (Lipinski definition) is 5. The Balaban J connectivity index is 0.000000140. The zero-order valence-electron chi connectivity index (χ0n) is 56.5. The molecule has 7 heteroatoms. The van der Waals surface area contributed by atoms with E-state index in [0.29, 0.717) is 17.6 Å². The Labute approximate surface area is 601 Å². The molecule has 0 unspecified atom stereocenters. The molecular weight excluding hydrogens is 1260 g/mol. The van der Waals surface area contributed by atoms with E-state index in [1.807, 2.05) is 60.7 Å². The Kier molecular flexibility index (Phi) is 14.2. The molecule has 4 heterocycles. The average Bonchev–Trinajstić information content (AvgIpc) is 1.52. The molecule has 15 aromatic carbocycles. The first-order chi connectivity index (χ1) is 51.6. The first-order valence-corrected chi connectivity index (χ1v) is 35.5. The third-order valence-electron chi connectivity index (χ3n) is 21.4. The Morgan fingerprint density at radius 1 is 0.231 bits per heavy atom. The lowest BCUT2D eigenvalue weighted by Gasteiger charge is -2.33. The quantitative estimate of drug-likeness (QED) is 0.136. The van der Waals surface area contributed by atoms with Crippen LogP contribution in [0.2, 0.25) is 0 Å². The number of rotatable bonds is 10. The number of benzene rings is 15. The minimum absolute atomic E-state index is 0.468. The molecule has 0 amide bonds. The van der Waals surface area contributed by atoms with Gasteiger partial charge in [0.1, 0.15) is 5.69 Å². The van der Waals surface area contributed by atoms with Crippen LogP contribution in [-0.2, 0) is 10.8 Å². The average molecular weight is 1330 g/mol. The molecular formula is C97H63N7. The summed E-state index contributed by atoms with van der Waals surface area (Å²) in [7, 11) is 0. The Bertz CT molecular complexity index is 6360. The summed E-state index contributed by atoms with van der Waals surface area (Å²) >= 11 is 0. The van der Waals surface area contributed by atoms with Crippen LogP contribution < -0.4 is 0 Å². The van der Waals surface area contributed by atoms with Crippen LogP contribution in [-0.4, -0.2) is 34.1 Å². The summed E-state index contributed by atoms with van der Waals surface area (Å²) in [5, 5.41) is 4.76. The molecule has 0 spiro atoms. The number of fused-ring (bicyclic) bond motifs is 15. The van der Waals surface area contributed by atoms with E-state index in [4.69, 9.17) is 24.9 Å². The molecule has 4 aromatic heterocycles. The van der Waals surface area contributed by atoms with Gasteiger partial charge in [-0.05, 0) is 120 Å². The van der Waals surface area contributed by atoms with Crippen molar-refractivity contribution in [3.8, 4) is 79.2 Å². The van der Waals surface area contributed by atoms with Crippen LogP contribution in [0.15, 0.2) is 382 Å². The molecule has 2 aliphatic rings. The molecule has 0 N–H and O–H groups in total. The van der Waals surface area contributed by atoms with Crippen LogP contribution in [0.5, 0.6) is 0 Å². The van der Waals surface area contributed by atoms with E-state index in [1.165, 1.54) is 88.5 Å². The largest absolute Gasteiger partial charge is 0.292 e. The standard InChI is InChI=1S/C52H34N4.C45H29N3/c1-6-18-35(19-7-1)38-30-32-45-42(34-38)48-46(56(45)51-54-49(36-20-8-2-9-21-36)53-50(55-51)37-22-10-3-11-23-37)33-31-44-47(48)41-28-16-17-29-43(41)52(44,39-24-12-4-13-25-39)40-26-14-5-15-27-40;1-4-16-30(17-5-1)43-44(47-38-26-14-13-25-37(38)46-43)48-39-27-15-11-23-34(39)42-40(48)29-28-36-41(42)33-22-10-12-24-35(33)45(36,31-18-6-2-7-19-31)32-20-8-3-9-21-32/h1-34H;1-29H. The topological polar surface area (TPSA) is 74.3 Å². The predicted molar refractivity (Wildman–Crippen MR) is 424 cm³/mol. The zero-order valence-corrected chi connectivity index (χ0v) is 56.5. The lowest BCUT2D eigenvalue weighted by molar-refractivity contribution is 0.769. The number of hydrogen-bond donors (Lipinski definition) is 0. The maximum absolute atomic E-state index is 5.36. The van der Waals surface area contributed by atoms with Crippen molar-refractivity contribution in [2.24, 2.45) is 0 Å². The van der Waals surface area contributed by atoms with Crippen molar-refractivity contribution >= 4 is 54.6 Å². The Morgan fingerprint density at radius 3 is 1.11 bits per heavy atom. The minimum Gasteiger partial charge on any atom is -0.292 e. The number of aromatic nitrogens is 7. The van der Waals surface area contributed by atoms with E-state index in [1.54, 1.807) is 0 Å². The van der Waals surface area contributed by atoms with Crippen LogP contribution in [0.1, 0.15) is 44.5 Å². The highest BCUT2D eigenvalue weighted by Gasteiger charge is 2.49. The summed E-state index contributed by atoms with van der Waals surface area (Å²) in [6, 6.07) is 136. The highest BCUT2D eigenvalue weighted by molar-refractivity contribution is 6.20. The van der Waals surface area contributed by atoms with E-state index in [0.717, 1.165) is 72.3 Å². The van der Waals surface area contributed by atoms with Crippen molar-refractivity contribution in [3.05, 3.63) is 427 Å². The van der Waals surface area contributed by atoms with Gasteiger partial charge in [-0.25, -0.2) is 15.0 Å². The Hall–Kier alpha value is -13.8. The molecule has 104 heavy (non-hydrogen) atoms. The van der Waals surface area contributed by atoms with Gasteiger partial charge in [0.2, 0.25) is 5.95 Å². The molecule has 0 fully saturated rings. The van der Waals surface area contributed by atoms with Gasteiger partial charge >= 0.3 is 0 Å². The van der Waals surface area contributed by atoms with Crippen molar-refractivity contribution in [2.45, 2.75) is 10.8 Å². The van der Waals surface area contributed by atoms with Gasteiger partial charge in [0.05, 0.1) is 43.9 Å². The fourth-order valence-corrected chi connectivity index (χ4v) is 17.1. The van der Waals surface area contributed by atoms with E-state index in [2.05, 4.69) is 331 Å². The zero-order chi connectivity index (χ0) is 68.7. The van der Waals surface area contributed by atoms with Crippen LogP contribution in [0.3, 0.4) is 0 Å². The number of para-hydroxylation sites is 3. The van der Waals surface area contributed by atoms with Gasteiger partial charge in [-0.1, -0.05) is 340 Å². The third kappa shape index (κ3) is 9.27. The minimum atomic E-state index is -0.526. The lowest BCUT2D eigenvalue weighted by atomic mass is 9.67. The van der Waals surface area contributed by atoms with Crippen LogP contribution in [0.4, 0.5) is 0 Å². The summed E-state index contributed by atoms with van der Waals surface area (Å²) in [5.74, 6) is 2.66. The van der Waals surface area contributed by atoms with Crippen molar-refractivity contribution in [2.75, 3.05) is 0 Å². The molecule has 21 rings (SSSR count). The second-order valence-corrected chi connectivity index (χ2v) is 26.9. The first kappa shape index (κ1) is 60.2. The molecule has 2 aliphatic carbocycles. The van der Waals surface area contributed by atoms with Crippen molar-refractivity contribution < 1.29 is 0 Å². The van der Waals surface area contributed by atoms with Gasteiger partial charge in [-0.15, -0.1) is 0 Å². The molecule has 486 valence electrons. The van der Waals surface area contributed by atoms with Crippen molar-refractivity contribution in [3.63, 3.8) is 0 Å². The van der Waals surface area contributed by atoms with Crippen LogP contribution >= 0.6 is 0 Å². The molecule has 19 aromatic rings. The molecule has 7 nitrogen and oxygen atoms in total. The van der Waals surface area contributed by atoms with Gasteiger partial charge in [-0.2, -0.15) is 9.97 Å². The van der Waals surface area contributed by atoms with E-state index < -0.39 is 10.8 Å². The van der Waals surface area contributed by atoms with E-state index in [-0.39, 0.29) is 0 Å². The van der Waals surface area contributed by atoms with Gasteiger partial charge < -0.3 is 0 Å². The second-order valence-electron chi connectivity index (χ2n) is 26.9. The molecule has 0 saturated heterocycles. The molecule has 0 aliphatic heterocycles. The summed E-state index contributed by atoms with van der Waals surface area (Å²) < 4.78 is 4.58. The van der Waals surface area contributed by atoms with E-state index in [9.17, 15) is 0 Å². The highest BCUT2D eigenvalue weighted by atomic mass is 15.2. The molecule has 0 radical (unpaired) electrons. The predicted octanol–water partition coefficient (Wildman–Crippen LogP) is 23.1. The van der Waals surface area contributed by atoms with Gasteiger partial charge in [0.15, 0.2) is 17.5 Å². The lowest BCUT2D eigenvalue weighted by Crippen LogP contribution is -2.28. The van der Waals surface area contributed by atoms with Gasteiger partial charge in [0.25, 0.3) is 0 Å². The smallest absolute Gasteiger partial charge is 0.238 e. The summed E-state index contributed by atoms with van der Waals surface area (Å²) in [5.41, 5.74) is 26.3. The highest BCUT2D eigenvalue weighted by Crippen LogP contribution is 2.61. The molecule has 0 saturated carbocycles. The summed E-state index contributed by atoms with van der Waals surface area (Å²) in [6.45, 7) is 0. The monoisotopic (exact) mass is 1330 g/mol. The maximum Gasteiger partial charge on any atom is 0.238 e. The normalized spacial score (nSPS) is 13.0. The summed E-state index contributed by atoms with van der Waals surface area (Å²) in [4.78, 5) is 26.1. The molecule has 0 atom stereocenters. The summed E-state index contributed by atoms with van der Waals surface area (Å²) in [6.07, 6.45) is 0. The third-order valence-corrected chi connectivity index (χ3v) is 21.4. The first-order valence-electron chi connectivity index (χ1n) is 35.5. The number of nitrogens with zero attached hydrogens (tertiary/aromatic N) is 7. The Morgan fingerprint density at radius 2 is 0.606 bits per heavy atom. The second kappa shape index (κ2) is 24.6. The van der Waals surface area contributed by atoms with Crippen LogP contribution in [0.25, 0.3) is 134 Å². The maximum atomic E-state index is 5.36. The van der Waals surface area contributed by atoms with Crippen molar-refractivity contribution in [1.29, 1.82) is 0 Å². The molecule has 0 bridgehead atoms. The fraction of sp³-hybridized carbons (Fsp3) is 0.0206. The fourth-order valence-electron chi connectivity index (χ4n) is 17.1. The van der Waals surface area contributed by atoms with E-state index >= 15 is 0 Å². The SMILES string of the molecule is c1ccc(-c2ccc3c(c2)c2c4c(ccc2n3-c2nc(-c3ccccc3)nc(-c3ccccc3)n2)C(c2ccccc2)(c2ccccc2)c2ccccc2-4)cc1.c1ccc(-c2nc3ccccc3nc2-n2c3ccccc3c3c4c(ccc32)C(c2ccccc2)(c2ccccc2)c2ccccc2-4)cc1. The van der Waals surface area contributed by atoms with Gasteiger partial charge in [-0.3, -0.25) is 9.13 Å². The van der Waals surface area contributed by atoms with Gasteiger partial charge in [0, 0.05) is 38.2 Å².